The molecule has 0 unspecified atom stereocenters. The zero-order chi connectivity index (χ0) is 21.4. The molecule has 3 N–H and O–H groups in total. The molecule has 0 bridgehead atoms. The van der Waals surface area contributed by atoms with Crippen LogP contribution in [0.25, 0.3) is 6.08 Å². The van der Waals surface area contributed by atoms with E-state index in [1.165, 1.54) is 15.5 Å². The molecule has 8 heteroatoms. The maximum absolute atomic E-state index is 12.9. The van der Waals surface area contributed by atoms with E-state index < -0.39 is 11.2 Å². The van der Waals surface area contributed by atoms with Crippen LogP contribution >= 0.6 is 0 Å². The number of nitrogens with one attached hydrogen (secondary N) is 1. The Kier molecular flexibility index (Phi) is 7.82. The lowest BCUT2D eigenvalue weighted by Crippen LogP contribution is -2.41. The van der Waals surface area contributed by atoms with Crippen LogP contribution in [0, 0.1) is 0 Å². The van der Waals surface area contributed by atoms with Crippen molar-refractivity contribution in [2.75, 3.05) is 24.3 Å². The number of nitrogens with zero attached hydrogens (tertiary/aromatic N) is 2. The van der Waals surface area contributed by atoms with Crippen LogP contribution < -0.4 is 26.6 Å². The van der Waals surface area contributed by atoms with Gasteiger partial charge in [0.15, 0.2) is 5.69 Å². The number of aromatic nitrogens is 2. The van der Waals surface area contributed by atoms with Gasteiger partial charge in [-0.3, -0.25) is 19.1 Å². The van der Waals surface area contributed by atoms with Gasteiger partial charge in [0.2, 0.25) is 0 Å². The van der Waals surface area contributed by atoms with E-state index in [1.54, 1.807) is 19.3 Å². The third kappa shape index (κ3) is 5.37. The van der Waals surface area contributed by atoms with Gasteiger partial charge in [-0.2, -0.15) is 0 Å². The standard InChI is InChI=1S/C21H28N4O4/c1-4-6-13-24(17(26)11-10-15-8-7-9-16(14-15)29-3)18-19(22)25(12-5-2)21(28)23-20(18)27/h7-11,14H,4-6,12-13,22H2,1-3H3,(H,23,27,28)/b11-10+. The van der Waals surface area contributed by atoms with Crippen LogP contribution in [0.5, 0.6) is 5.75 Å². The number of nitrogens with two attached hydrogens (primary N) is 1. The second-order valence-electron chi connectivity index (χ2n) is 6.60. The molecule has 1 amide bonds. The Hall–Kier alpha value is -3.29. The summed E-state index contributed by atoms with van der Waals surface area (Å²) in [6.07, 6.45) is 5.21. The molecule has 0 fully saturated rings. The molecule has 0 saturated heterocycles. The number of benzene rings is 1. The van der Waals surface area contributed by atoms with Gasteiger partial charge in [0, 0.05) is 19.2 Å². The quantitative estimate of drug-likeness (QED) is 0.628. The van der Waals surface area contributed by atoms with Crippen LogP contribution in [0.4, 0.5) is 11.5 Å². The Balaban J connectivity index is 2.44. The number of ether oxygens (including phenoxy) is 1. The first-order valence-electron chi connectivity index (χ1n) is 9.69. The third-order valence-electron chi connectivity index (χ3n) is 4.44. The van der Waals surface area contributed by atoms with Gasteiger partial charge in [-0.15, -0.1) is 0 Å². The van der Waals surface area contributed by atoms with Gasteiger partial charge in [-0.05, 0) is 36.6 Å². The fourth-order valence-corrected chi connectivity index (χ4v) is 2.93. The number of hydrogen-bond acceptors (Lipinski definition) is 5. The van der Waals surface area contributed by atoms with Crippen molar-refractivity contribution >= 4 is 23.5 Å². The number of amides is 1. The molecule has 0 spiro atoms. The number of carbonyl (C=O) groups is 1. The molecule has 2 aromatic rings. The molecule has 1 aromatic heterocycles. The minimum absolute atomic E-state index is 0.000154. The minimum Gasteiger partial charge on any atom is -0.497 e. The molecule has 8 nitrogen and oxygen atoms in total. The Bertz CT molecular complexity index is 991. The van der Waals surface area contributed by atoms with Gasteiger partial charge in [0.05, 0.1) is 7.11 Å². The maximum Gasteiger partial charge on any atom is 0.330 e. The first-order chi connectivity index (χ1) is 13.9. The van der Waals surface area contributed by atoms with Crippen LogP contribution in [-0.2, 0) is 11.3 Å². The van der Waals surface area contributed by atoms with Crippen LogP contribution in [0.15, 0.2) is 39.9 Å². The molecule has 0 atom stereocenters. The summed E-state index contributed by atoms with van der Waals surface area (Å²) in [5.74, 6) is 0.287. The summed E-state index contributed by atoms with van der Waals surface area (Å²) in [5.41, 5.74) is 5.68. The zero-order valence-electron chi connectivity index (χ0n) is 17.1. The lowest BCUT2D eigenvalue weighted by Gasteiger charge is -2.23. The number of carbonyl (C=O) groups excluding carboxylic acids is 1. The molecule has 29 heavy (non-hydrogen) atoms. The molecule has 0 aliphatic heterocycles. The topological polar surface area (TPSA) is 110 Å². The van der Waals surface area contributed by atoms with Gasteiger partial charge in [-0.1, -0.05) is 32.4 Å². The van der Waals surface area contributed by atoms with Crippen molar-refractivity contribution in [2.45, 2.75) is 39.7 Å². The molecule has 0 aliphatic carbocycles. The van der Waals surface area contributed by atoms with Crippen molar-refractivity contribution in [3.8, 4) is 5.75 Å². The average Bonchev–Trinajstić information content (AvgIpc) is 2.71. The van der Waals surface area contributed by atoms with E-state index in [0.29, 0.717) is 31.7 Å². The van der Waals surface area contributed by atoms with Crippen molar-refractivity contribution in [1.82, 2.24) is 9.55 Å². The third-order valence-corrected chi connectivity index (χ3v) is 4.44. The summed E-state index contributed by atoms with van der Waals surface area (Å²) < 4.78 is 6.47. The SMILES string of the molecule is CCCCN(C(=O)/C=C/c1cccc(OC)c1)c1c(N)n(CCC)c(=O)[nH]c1=O. The minimum atomic E-state index is -0.668. The van der Waals surface area contributed by atoms with E-state index >= 15 is 0 Å². The van der Waals surface area contributed by atoms with Gasteiger partial charge in [-0.25, -0.2) is 4.79 Å². The van der Waals surface area contributed by atoms with Gasteiger partial charge in [0.25, 0.3) is 11.5 Å². The highest BCUT2D eigenvalue weighted by molar-refractivity contribution is 6.05. The second-order valence-corrected chi connectivity index (χ2v) is 6.60. The number of anilines is 2. The lowest BCUT2D eigenvalue weighted by atomic mass is 10.2. The zero-order valence-corrected chi connectivity index (χ0v) is 17.1. The molecule has 2 rings (SSSR count). The number of aromatic amines is 1. The van der Waals surface area contributed by atoms with Crippen molar-refractivity contribution < 1.29 is 9.53 Å². The Morgan fingerprint density at radius 3 is 2.69 bits per heavy atom. The lowest BCUT2D eigenvalue weighted by molar-refractivity contribution is -0.114. The van der Waals surface area contributed by atoms with Crippen molar-refractivity contribution in [1.29, 1.82) is 0 Å². The summed E-state index contributed by atoms with van der Waals surface area (Å²) >= 11 is 0. The fraction of sp³-hybridized carbons (Fsp3) is 0.381. The molecule has 1 aromatic carbocycles. The highest BCUT2D eigenvalue weighted by atomic mass is 16.5. The van der Waals surface area contributed by atoms with E-state index in [9.17, 15) is 14.4 Å². The van der Waals surface area contributed by atoms with Crippen LogP contribution in [0.3, 0.4) is 0 Å². The van der Waals surface area contributed by atoms with E-state index in [-0.39, 0.29) is 17.4 Å². The van der Waals surface area contributed by atoms with Crippen LogP contribution in [0.1, 0.15) is 38.7 Å². The monoisotopic (exact) mass is 400 g/mol. The molecule has 0 aliphatic rings. The highest BCUT2D eigenvalue weighted by Crippen LogP contribution is 2.19. The van der Waals surface area contributed by atoms with Gasteiger partial charge in [0.1, 0.15) is 11.6 Å². The number of hydrogen-bond donors (Lipinski definition) is 2. The molecule has 0 radical (unpaired) electrons. The summed E-state index contributed by atoms with van der Waals surface area (Å²) in [6.45, 7) is 4.55. The Labute approximate surface area is 169 Å². The van der Waals surface area contributed by atoms with E-state index in [1.807, 2.05) is 32.0 Å². The summed E-state index contributed by atoms with van der Waals surface area (Å²) in [6, 6.07) is 7.26. The number of H-pyrrole nitrogens is 1. The van der Waals surface area contributed by atoms with E-state index in [2.05, 4.69) is 4.98 Å². The van der Waals surface area contributed by atoms with Crippen LogP contribution in [0.2, 0.25) is 0 Å². The maximum atomic E-state index is 12.9. The summed E-state index contributed by atoms with van der Waals surface area (Å²) in [5, 5.41) is 0. The predicted molar refractivity (Wildman–Crippen MR) is 115 cm³/mol. The normalized spacial score (nSPS) is 11.0. The molecule has 156 valence electrons. The second kappa shape index (κ2) is 10.3. The van der Waals surface area contributed by atoms with Gasteiger partial charge >= 0.3 is 5.69 Å². The Morgan fingerprint density at radius 1 is 1.28 bits per heavy atom. The first-order valence-corrected chi connectivity index (χ1v) is 9.69. The van der Waals surface area contributed by atoms with Crippen molar-refractivity contribution in [3.63, 3.8) is 0 Å². The predicted octanol–water partition coefficient (Wildman–Crippen LogP) is 2.38. The average molecular weight is 400 g/mol. The highest BCUT2D eigenvalue weighted by Gasteiger charge is 2.22. The molecule has 0 saturated carbocycles. The molecular formula is C21H28N4O4. The number of rotatable bonds is 9. The number of nitrogen functional groups attached to an aromatic ring is 1. The van der Waals surface area contributed by atoms with Gasteiger partial charge < -0.3 is 15.4 Å². The van der Waals surface area contributed by atoms with Crippen molar-refractivity contribution in [2.24, 2.45) is 0 Å². The first kappa shape index (κ1) is 22.0. The summed E-state index contributed by atoms with van der Waals surface area (Å²) in [4.78, 5) is 41.1. The Morgan fingerprint density at radius 2 is 2.03 bits per heavy atom. The summed E-state index contributed by atoms with van der Waals surface area (Å²) in [7, 11) is 1.57. The van der Waals surface area contributed by atoms with Crippen LogP contribution in [-0.4, -0.2) is 29.1 Å². The number of methoxy groups -OCH3 is 1. The fourth-order valence-electron chi connectivity index (χ4n) is 2.93. The van der Waals surface area contributed by atoms with E-state index in [4.69, 9.17) is 10.5 Å². The largest absolute Gasteiger partial charge is 0.497 e. The van der Waals surface area contributed by atoms with Crippen molar-refractivity contribution in [3.05, 3.63) is 56.7 Å². The number of unbranched alkanes of at least 4 members (excludes halogenated alkanes) is 1. The molecule has 1 heterocycles. The van der Waals surface area contributed by atoms with E-state index in [0.717, 1.165) is 12.0 Å². The smallest absolute Gasteiger partial charge is 0.330 e. The molecular weight excluding hydrogens is 372 g/mol.